The molecule has 2 aromatic heterocycles. The summed E-state index contributed by atoms with van der Waals surface area (Å²) in [7, 11) is 1.29. The molecule has 2 aromatic carbocycles. The second-order valence-electron chi connectivity index (χ2n) is 11.6. The summed E-state index contributed by atoms with van der Waals surface area (Å²) >= 11 is 6.33. The predicted octanol–water partition coefficient (Wildman–Crippen LogP) is 5.75. The van der Waals surface area contributed by atoms with Crippen molar-refractivity contribution in [1.82, 2.24) is 45.3 Å². The van der Waals surface area contributed by atoms with E-state index >= 15 is 4.39 Å². The highest BCUT2D eigenvalue weighted by molar-refractivity contribution is 6.32. The van der Waals surface area contributed by atoms with Crippen molar-refractivity contribution in [3.63, 3.8) is 0 Å². The molecule has 50 heavy (non-hydrogen) atoms. The van der Waals surface area contributed by atoms with Crippen LogP contribution in [0.15, 0.2) is 48.9 Å². The van der Waals surface area contributed by atoms with E-state index in [1.54, 1.807) is 10.9 Å². The van der Waals surface area contributed by atoms with E-state index in [0.29, 0.717) is 0 Å². The number of alkyl carbamates (subject to hydrolysis) is 1. The molecule has 4 aromatic rings. The lowest BCUT2D eigenvalue weighted by molar-refractivity contribution is -0.164. The number of aromatic nitrogens is 6. The maximum Gasteiger partial charge on any atom is 0.411 e. The van der Waals surface area contributed by atoms with Gasteiger partial charge in [0.15, 0.2) is 11.8 Å². The topological polar surface area (TPSA) is 156 Å². The molecular formula is C30H27ClF6N10O3. The minimum atomic E-state index is -4.75. The first kappa shape index (κ1) is 34.7. The van der Waals surface area contributed by atoms with Crippen LogP contribution in [-0.2, 0) is 4.74 Å². The van der Waals surface area contributed by atoms with Crippen LogP contribution in [0.4, 0.5) is 31.1 Å². The lowest BCUT2D eigenvalue weighted by Crippen LogP contribution is -2.49. The maximum atomic E-state index is 15.5. The SMILES string of the molecule is CNC(=N)N(C(=O)c1ccc(-c2cn(C3CC3)nn2)c(F)c1)[C@H](COC(=O)NC1(C(F)(F)F)CC1)c1ccc(Cl)c(-n2ncnc2C(F)F)c1. The Morgan fingerprint density at radius 3 is 2.54 bits per heavy atom. The molecule has 0 bridgehead atoms. The van der Waals surface area contributed by atoms with Crippen molar-refractivity contribution < 1.29 is 40.7 Å². The Labute approximate surface area is 284 Å². The second kappa shape index (κ2) is 13.3. The van der Waals surface area contributed by atoms with Crippen LogP contribution in [0.25, 0.3) is 16.9 Å². The standard InChI is InChI=1S/C30H27ClF6N10O3/c1-39-27(38)46(26(48)16-2-6-18(20(32)10-16)21-12-45(44-43-21)17-4-5-17)23(13-50-28(49)42-29(8-9-29)30(35,36)37)15-3-7-19(31)22(11-15)47-25(24(33)34)40-14-41-47/h2-3,6-7,10-12,14,17,23-24H,4-5,8-9,13H2,1H3,(H2,38,39)(H,42,49)/t23-/m1/s1. The van der Waals surface area contributed by atoms with Crippen LogP contribution in [0.2, 0.25) is 5.02 Å². The number of hydrogen-bond acceptors (Lipinski definition) is 8. The zero-order valence-corrected chi connectivity index (χ0v) is 26.6. The average Bonchev–Trinajstić information content (AvgIpc) is 3.97. The summed E-state index contributed by atoms with van der Waals surface area (Å²) in [6.07, 6.45) is -5.75. The molecule has 2 aliphatic rings. The van der Waals surface area contributed by atoms with Gasteiger partial charge in [0.1, 0.15) is 30.0 Å². The molecule has 2 fully saturated rings. The maximum absolute atomic E-state index is 15.5. The van der Waals surface area contributed by atoms with Crippen LogP contribution in [0.1, 0.15) is 65.9 Å². The van der Waals surface area contributed by atoms with E-state index in [0.717, 1.165) is 34.8 Å². The Bertz CT molecular complexity index is 1940. The lowest BCUT2D eigenvalue weighted by Gasteiger charge is -2.32. The fourth-order valence-electron chi connectivity index (χ4n) is 5.23. The average molecular weight is 725 g/mol. The predicted molar refractivity (Wildman–Crippen MR) is 163 cm³/mol. The third-order valence-electron chi connectivity index (χ3n) is 8.29. The molecule has 2 amide bonds. The van der Waals surface area contributed by atoms with E-state index in [2.05, 4.69) is 25.7 Å². The molecule has 2 aliphatic carbocycles. The lowest BCUT2D eigenvalue weighted by atomic mass is 10.0. The minimum absolute atomic E-state index is 0.0204. The number of benzene rings is 2. The van der Waals surface area contributed by atoms with Crippen LogP contribution >= 0.6 is 11.6 Å². The van der Waals surface area contributed by atoms with E-state index in [4.69, 9.17) is 21.7 Å². The number of rotatable bonds is 10. The largest absolute Gasteiger partial charge is 0.447 e. The van der Waals surface area contributed by atoms with Crippen LogP contribution in [-0.4, -0.2) is 78.0 Å². The van der Waals surface area contributed by atoms with Gasteiger partial charge >= 0.3 is 12.3 Å². The highest BCUT2D eigenvalue weighted by Gasteiger charge is 2.64. The van der Waals surface area contributed by atoms with Crippen molar-refractivity contribution in [2.24, 2.45) is 0 Å². The molecule has 0 aliphatic heterocycles. The van der Waals surface area contributed by atoms with Crippen molar-refractivity contribution in [2.75, 3.05) is 13.7 Å². The first-order valence-corrected chi connectivity index (χ1v) is 15.4. The fraction of sp³-hybridized carbons (Fsp3) is 0.367. The van der Waals surface area contributed by atoms with E-state index in [9.17, 15) is 31.5 Å². The van der Waals surface area contributed by atoms with E-state index in [1.165, 1.54) is 37.4 Å². The number of amides is 2. The Morgan fingerprint density at radius 2 is 1.92 bits per heavy atom. The molecule has 0 spiro atoms. The molecule has 0 saturated heterocycles. The third-order valence-corrected chi connectivity index (χ3v) is 8.61. The van der Waals surface area contributed by atoms with Gasteiger partial charge in [0.2, 0.25) is 0 Å². The number of carbonyl (C=O) groups excluding carboxylic acids is 2. The number of nitrogens with one attached hydrogen (secondary N) is 3. The van der Waals surface area contributed by atoms with Crippen LogP contribution in [0.5, 0.6) is 0 Å². The quantitative estimate of drug-likeness (QED) is 0.106. The highest BCUT2D eigenvalue weighted by Crippen LogP contribution is 2.49. The smallest absolute Gasteiger partial charge is 0.411 e. The van der Waals surface area contributed by atoms with Crippen LogP contribution in [0, 0.1) is 11.2 Å². The van der Waals surface area contributed by atoms with Gasteiger partial charge in [-0.25, -0.2) is 32.3 Å². The number of alkyl halides is 5. The summed E-state index contributed by atoms with van der Waals surface area (Å²) in [5.41, 5.74) is -2.59. The van der Waals surface area contributed by atoms with E-state index in [-0.39, 0.29) is 52.0 Å². The summed E-state index contributed by atoms with van der Waals surface area (Å²) in [5, 5.41) is 24.6. The monoisotopic (exact) mass is 724 g/mol. The third kappa shape index (κ3) is 6.81. The molecule has 0 unspecified atom stereocenters. The van der Waals surface area contributed by atoms with Gasteiger partial charge < -0.3 is 15.4 Å². The number of nitrogens with zero attached hydrogens (tertiary/aromatic N) is 7. The highest BCUT2D eigenvalue weighted by atomic mass is 35.5. The second-order valence-corrected chi connectivity index (χ2v) is 12.1. The van der Waals surface area contributed by atoms with Gasteiger partial charge in [0.05, 0.1) is 29.0 Å². The number of carbonyl (C=O) groups is 2. The number of guanidine groups is 1. The Kier molecular flexibility index (Phi) is 9.19. The van der Waals surface area contributed by atoms with Crippen molar-refractivity contribution in [2.45, 2.75) is 55.9 Å². The van der Waals surface area contributed by atoms with Crippen molar-refractivity contribution in [3.8, 4) is 16.9 Å². The Hall–Kier alpha value is -5.20. The van der Waals surface area contributed by atoms with Gasteiger partial charge in [-0.2, -0.15) is 18.3 Å². The van der Waals surface area contributed by atoms with Gasteiger partial charge in [0, 0.05) is 18.2 Å². The summed E-state index contributed by atoms with van der Waals surface area (Å²) in [5.74, 6) is -3.21. The first-order valence-electron chi connectivity index (χ1n) is 15.0. The summed E-state index contributed by atoms with van der Waals surface area (Å²) in [6.45, 7) is -0.847. The van der Waals surface area contributed by atoms with Gasteiger partial charge in [-0.15, -0.1) is 5.10 Å². The van der Waals surface area contributed by atoms with Crippen molar-refractivity contribution in [3.05, 3.63) is 76.7 Å². The molecule has 13 nitrogen and oxygen atoms in total. The molecular weight excluding hydrogens is 698 g/mol. The summed E-state index contributed by atoms with van der Waals surface area (Å²) < 4.78 is 91.1. The Morgan fingerprint density at radius 1 is 1.18 bits per heavy atom. The van der Waals surface area contributed by atoms with Gasteiger partial charge in [-0.1, -0.05) is 22.9 Å². The normalized spacial score (nSPS) is 15.8. The van der Waals surface area contributed by atoms with Crippen LogP contribution < -0.4 is 10.6 Å². The van der Waals surface area contributed by atoms with Crippen LogP contribution in [0.3, 0.4) is 0 Å². The molecule has 1 atom stereocenters. The molecule has 2 heterocycles. The minimum Gasteiger partial charge on any atom is -0.447 e. The molecule has 3 N–H and O–H groups in total. The zero-order chi connectivity index (χ0) is 36.0. The molecule has 6 rings (SSSR count). The van der Waals surface area contributed by atoms with Gasteiger partial charge in [-0.3, -0.25) is 15.1 Å². The van der Waals surface area contributed by atoms with E-state index < -0.39 is 60.4 Å². The van der Waals surface area contributed by atoms with Gasteiger partial charge in [-0.05, 0) is 61.6 Å². The number of halogens is 7. The molecule has 20 heteroatoms. The number of hydrogen-bond donors (Lipinski definition) is 3. The Balaban J connectivity index is 1.36. The first-order chi connectivity index (χ1) is 23.7. The van der Waals surface area contributed by atoms with Crippen molar-refractivity contribution >= 4 is 29.6 Å². The fourth-order valence-corrected chi connectivity index (χ4v) is 5.42. The van der Waals surface area contributed by atoms with Gasteiger partial charge in [0.25, 0.3) is 12.3 Å². The molecule has 2 saturated carbocycles. The van der Waals surface area contributed by atoms with E-state index in [1.807, 2.05) is 5.32 Å². The summed E-state index contributed by atoms with van der Waals surface area (Å²) in [6, 6.07) is 5.95. The number of ether oxygens (including phenoxy) is 1. The molecule has 0 radical (unpaired) electrons. The molecule has 264 valence electrons. The zero-order valence-electron chi connectivity index (χ0n) is 25.9. The van der Waals surface area contributed by atoms with Crippen molar-refractivity contribution in [1.29, 1.82) is 5.41 Å². The summed E-state index contributed by atoms with van der Waals surface area (Å²) in [4.78, 5) is 31.1.